The fraction of sp³-hybridized carbons (Fsp3) is 0.0476. The van der Waals surface area contributed by atoms with Crippen molar-refractivity contribution < 1.29 is 31.2 Å². The molecule has 0 saturated carbocycles. The molecular weight excluding hydrogens is 447 g/mol. The summed E-state index contributed by atoms with van der Waals surface area (Å²) in [6.07, 6.45) is -4.81. The topological polar surface area (TPSA) is 118 Å². The molecule has 7 nitrogen and oxygen atoms in total. The number of nitrogens with one attached hydrogen (secondary N) is 2. The van der Waals surface area contributed by atoms with Gasteiger partial charge in [-0.05, 0) is 41.5 Å². The molecule has 0 unspecified atom stereocenters. The summed E-state index contributed by atoms with van der Waals surface area (Å²) < 4.78 is 63.3. The fourth-order valence-corrected chi connectivity index (χ4v) is 3.45. The molecule has 2 amide bonds. The Kier molecular flexibility index (Phi) is 6.32. The summed E-state index contributed by atoms with van der Waals surface area (Å²) in [5.74, 6) is -2.05. The third kappa shape index (κ3) is 5.13. The van der Waals surface area contributed by atoms with Crippen LogP contribution < -0.4 is 16.0 Å². The number of rotatable bonds is 4. The number of alkyl halides is 3. The Morgan fingerprint density at radius 3 is 1.94 bits per heavy atom. The van der Waals surface area contributed by atoms with Crippen LogP contribution in [-0.2, 0) is 16.2 Å². The highest BCUT2D eigenvalue weighted by Crippen LogP contribution is 2.36. The third-order valence-corrected chi connectivity index (χ3v) is 5.35. The lowest BCUT2D eigenvalue weighted by Gasteiger charge is -2.17. The summed E-state index contributed by atoms with van der Waals surface area (Å²) in [5.41, 5.74) is 2.55. The Balaban J connectivity index is 1.88. The molecule has 0 heterocycles. The molecule has 4 N–H and O–H groups in total. The Bertz CT molecular complexity index is 1260. The average Bonchev–Trinajstić information content (AvgIpc) is 2.76. The lowest BCUT2D eigenvalue weighted by Crippen LogP contribution is -2.42. The van der Waals surface area contributed by atoms with E-state index in [1.807, 2.05) is 10.9 Å². The maximum Gasteiger partial charge on any atom is 0.417 e. The number of primary sulfonamides is 1. The van der Waals surface area contributed by atoms with Crippen molar-refractivity contribution in [1.29, 1.82) is 0 Å². The van der Waals surface area contributed by atoms with E-state index >= 15 is 0 Å². The van der Waals surface area contributed by atoms with Crippen molar-refractivity contribution in [3.05, 3.63) is 89.5 Å². The molecule has 0 fully saturated rings. The van der Waals surface area contributed by atoms with Crippen molar-refractivity contribution in [2.24, 2.45) is 5.14 Å². The van der Waals surface area contributed by atoms with E-state index in [-0.39, 0.29) is 16.0 Å². The molecule has 0 spiro atoms. The third-order valence-electron chi connectivity index (χ3n) is 4.42. The Hall–Kier alpha value is -3.70. The van der Waals surface area contributed by atoms with Crippen molar-refractivity contribution in [3.63, 3.8) is 0 Å². The van der Waals surface area contributed by atoms with E-state index < -0.39 is 39.1 Å². The van der Waals surface area contributed by atoms with Crippen LogP contribution in [0.15, 0.2) is 77.7 Å². The standard InChI is InChI=1S/C21H16F3N3O4S/c22-21(23,24)17-8-4-7-16(13-5-2-1-3-6-13)18(17)20(29)27-26-19(28)14-9-11-15(12-10-14)32(25,30)31/h1-12H,(H,26,28)(H,27,29)(H2,25,30,31). The van der Waals surface area contributed by atoms with E-state index in [1.165, 1.54) is 12.1 Å². The Morgan fingerprint density at radius 2 is 1.38 bits per heavy atom. The maximum atomic E-state index is 13.6. The number of hydrazine groups is 1. The molecular formula is C21H16F3N3O4S. The van der Waals surface area contributed by atoms with E-state index in [2.05, 4.69) is 0 Å². The van der Waals surface area contributed by atoms with Gasteiger partial charge in [-0.1, -0.05) is 42.5 Å². The number of hydrogen-bond acceptors (Lipinski definition) is 4. The maximum absolute atomic E-state index is 13.6. The summed E-state index contributed by atoms with van der Waals surface area (Å²) in [4.78, 5) is 24.7. The van der Waals surface area contributed by atoms with Crippen LogP contribution in [0.25, 0.3) is 11.1 Å². The van der Waals surface area contributed by atoms with E-state index in [4.69, 9.17) is 5.14 Å². The first-order valence-electron chi connectivity index (χ1n) is 8.97. The second kappa shape index (κ2) is 8.81. The number of carbonyl (C=O) groups excluding carboxylic acids is 2. The second-order valence-electron chi connectivity index (χ2n) is 6.57. The van der Waals surface area contributed by atoms with Crippen molar-refractivity contribution in [3.8, 4) is 11.1 Å². The van der Waals surface area contributed by atoms with Crippen molar-refractivity contribution >= 4 is 21.8 Å². The molecule has 0 saturated heterocycles. The number of nitrogens with two attached hydrogens (primary N) is 1. The molecule has 0 radical (unpaired) electrons. The summed E-state index contributed by atoms with van der Waals surface area (Å²) in [5, 5.41) is 4.98. The van der Waals surface area contributed by atoms with Crippen LogP contribution in [0.4, 0.5) is 13.2 Å². The predicted octanol–water partition coefficient (Wildman–Crippen LogP) is 3.09. The molecule has 0 aromatic heterocycles. The van der Waals surface area contributed by atoms with Crippen molar-refractivity contribution in [1.82, 2.24) is 10.9 Å². The van der Waals surface area contributed by atoms with Gasteiger partial charge in [0.05, 0.1) is 16.0 Å². The molecule has 166 valence electrons. The quantitative estimate of drug-likeness (QED) is 0.515. The van der Waals surface area contributed by atoms with E-state index in [0.29, 0.717) is 5.56 Å². The highest BCUT2D eigenvalue weighted by molar-refractivity contribution is 7.89. The first-order chi connectivity index (χ1) is 15.0. The van der Waals surface area contributed by atoms with Crippen molar-refractivity contribution in [2.45, 2.75) is 11.1 Å². The van der Waals surface area contributed by atoms with Gasteiger partial charge in [-0.2, -0.15) is 13.2 Å². The number of sulfonamides is 1. The molecule has 0 aliphatic heterocycles. The monoisotopic (exact) mass is 463 g/mol. The minimum atomic E-state index is -4.81. The molecule has 0 aliphatic carbocycles. The second-order valence-corrected chi connectivity index (χ2v) is 8.13. The van der Waals surface area contributed by atoms with Crippen LogP contribution in [-0.4, -0.2) is 20.2 Å². The minimum Gasteiger partial charge on any atom is -0.267 e. The number of benzene rings is 3. The molecule has 3 aromatic rings. The lowest BCUT2D eigenvalue weighted by molar-refractivity contribution is -0.137. The highest BCUT2D eigenvalue weighted by Gasteiger charge is 2.36. The largest absolute Gasteiger partial charge is 0.417 e. The van der Waals surface area contributed by atoms with Gasteiger partial charge in [-0.3, -0.25) is 20.4 Å². The van der Waals surface area contributed by atoms with E-state index in [9.17, 15) is 31.2 Å². The molecule has 32 heavy (non-hydrogen) atoms. The SMILES string of the molecule is NS(=O)(=O)c1ccc(C(=O)NNC(=O)c2c(-c3ccccc3)cccc2C(F)(F)F)cc1. The summed E-state index contributed by atoms with van der Waals surface area (Å²) in [6.45, 7) is 0. The van der Waals surface area contributed by atoms with Crippen LogP contribution in [0.2, 0.25) is 0 Å². The average molecular weight is 463 g/mol. The first-order valence-corrected chi connectivity index (χ1v) is 10.5. The molecule has 3 rings (SSSR count). The smallest absolute Gasteiger partial charge is 0.267 e. The zero-order valence-corrected chi connectivity index (χ0v) is 17.0. The highest BCUT2D eigenvalue weighted by atomic mass is 32.2. The zero-order chi connectivity index (χ0) is 23.5. The summed E-state index contributed by atoms with van der Waals surface area (Å²) >= 11 is 0. The van der Waals surface area contributed by atoms with Crippen LogP contribution in [0.5, 0.6) is 0 Å². The zero-order valence-electron chi connectivity index (χ0n) is 16.2. The van der Waals surface area contributed by atoms with Gasteiger partial charge in [0, 0.05) is 5.56 Å². The number of hydrogen-bond donors (Lipinski definition) is 3. The molecule has 0 aliphatic rings. The van der Waals surface area contributed by atoms with Gasteiger partial charge in [-0.15, -0.1) is 0 Å². The van der Waals surface area contributed by atoms with Crippen molar-refractivity contribution in [2.75, 3.05) is 0 Å². The lowest BCUT2D eigenvalue weighted by atomic mass is 9.94. The summed E-state index contributed by atoms with van der Waals surface area (Å²) in [7, 11) is -3.96. The molecule has 11 heteroatoms. The Labute approximate surface area is 181 Å². The van der Waals surface area contributed by atoms with Gasteiger partial charge in [0.1, 0.15) is 0 Å². The van der Waals surface area contributed by atoms with E-state index in [0.717, 1.165) is 30.3 Å². The fourth-order valence-electron chi connectivity index (χ4n) is 2.94. The first kappa shape index (κ1) is 23.0. The van der Waals surface area contributed by atoms with Crippen LogP contribution in [0.1, 0.15) is 26.3 Å². The molecule has 3 aromatic carbocycles. The minimum absolute atomic E-state index is 0.0321. The number of carbonyl (C=O) groups is 2. The van der Waals surface area contributed by atoms with Gasteiger partial charge >= 0.3 is 6.18 Å². The normalized spacial score (nSPS) is 11.6. The van der Waals surface area contributed by atoms with Gasteiger partial charge in [0.25, 0.3) is 11.8 Å². The van der Waals surface area contributed by atoms with Gasteiger partial charge in [0.2, 0.25) is 10.0 Å². The van der Waals surface area contributed by atoms with Crippen LogP contribution >= 0.6 is 0 Å². The molecule has 0 atom stereocenters. The Morgan fingerprint density at radius 1 is 0.781 bits per heavy atom. The molecule has 0 bridgehead atoms. The van der Waals surface area contributed by atoms with E-state index in [1.54, 1.807) is 30.3 Å². The van der Waals surface area contributed by atoms with Gasteiger partial charge < -0.3 is 0 Å². The van der Waals surface area contributed by atoms with Gasteiger partial charge in [-0.25, -0.2) is 13.6 Å². The summed E-state index contributed by atoms with van der Waals surface area (Å²) in [6, 6.07) is 15.8. The van der Waals surface area contributed by atoms with Gasteiger partial charge in [0.15, 0.2) is 0 Å². The van der Waals surface area contributed by atoms with Crippen LogP contribution in [0.3, 0.4) is 0 Å². The van der Waals surface area contributed by atoms with Crippen LogP contribution in [0, 0.1) is 0 Å². The number of amides is 2. The predicted molar refractivity (Wildman–Crippen MR) is 110 cm³/mol. The number of halogens is 3.